The van der Waals surface area contributed by atoms with E-state index in [9.17, 15) is 9.59 Å². The minimum absolute atomic E-state index is 0.244. The topological polar surface area (TPSA) is 48.3 Å². The van der Waals surface area contributed by atoms with Crippen molar-refractivity contribution in [1.29, 1.82) is 0 Å². The Bertz CT molecular complexity index is 804. The fourth-order valence-electron chi connectivity index (χ4n) is 2.29. The fraction of sp³-hybridized carbons (Fsp3) is 0.0526. The first-order valence-corrected chi connectivity index (χ1v) is 7.22. The maximum atomic E-state index is 12.1. The Labute approximate surface area is 133 Å². The molecule has 0 aliphatic rings. The summed E-state index contributed by atoms with van der Waals surface area (Å²) in [6.45, 7) is 0.244. The van der Waals surface area contributed by atoms with Crippen LogP contribution in [0.25, 0.3) is 5.69 Å². The lowest BCUT2D eigenvalue weighted by Gasteiger charge is -2.08. The number of hydrogen-bond acceptors (Lipinski definition) is 3. The van der Waals surface area contributed by atoms with Crippen LogP contribution in [-0.4, -0.2) is 16.8 Å². The van der Waals surface area contributed by atoms with Gasteiger partial charge in [-0.25, -0.2) is 4.79 Å². The van der Waals surface area contributed by atoms with Crippen molar-refractivity contribution in [3.8, 4) is 5.69 Å². The van der Waals surface area contributed by atoms with Crippen LogP contribution in [0, 0.1) is 0 Å². The molecule has 4 nitrogen and oxygen atoms in total. The molecule has 0 aliphatic heterocycles. The van der Waals surface area contributed by atoms with E-state index in [1.165, 1.54) is 0 Å². The number of nitrogens with zero attached hydrogens (tertiary/aromatic N) is 1. The number of carbonyl (C=O) groups excluding carboxylic acids is 2. The van der Waals surface area contributed by atoms with Crippen molar-refractivity contribution in [2.75, 3.05) is 0 Å². The quantitative estimate of drug-likeness (QED) is 0.534. The second-order valence-electron chi connectivity index (χ2n) is 5.03. The van der Waals surface area contributed by atoms with Crippen LogP contribution in [0.1, 0.15) is 26.4 Å². The molecule has 0 fully saturated rings. The number of esters is 1. The lowest BCUT2D eigenvalue weighted by Crippen LogP contribution is -2.05. The zero-order chi connectivity index (χ0) is 16.1. The first-order valence-electron chi connectivity index (χ1n) is 7.22. The molecule has 114 valence electrons. The number of aromatic nitrogens is 1. The van der Waals surface area contributed by atoms with Gasteiger partial charge >= 0.3 is 5.97 Å². The zero-order valence-corrected chi connectivity index (χ0v) is 12.4. The van der Waals surface area contributed by atoms with Crippen LogP contribution in [0.3, 0.4) is 0 Å². The van der Waals surface area contributed by atoms with Gasteiger partial charge in [0.05, 0.1) is 11.3 Å². The largest absolute Gasteiger partial charge is 0.457 e. The van der Waals surface area contributed by atoms with Gasteiger partial charge in [-0.2, -0.15) is 0 Å². The Kier molecular flexibility index (Phi) is 4.34. The predicted molar refractivity (Wildman–Crippen MR) is 86.7 cm³/mol. The van der Waals surface area contributed by atoms with E-state index in [4.69, 9.17) is 4.74 Å². The molecule has 0 aliphatic carbocycles. The number of benzene rings is 2. The first-order chi connectivity index (χ1) is 11.3. The van der Waals surface area contributed by atoms with Gasteiger partial charge in [0.1, 0.15) is 6.61 Å². The molecule has 0 radical (unpaired) electrons. The van der Waals surface area contributed by atoms with Gasteiger partial charge in [0, 0.05) is 11.9 Å². The Balaban J connectivity index is 1.69. The number of ether oxygens (including phenoxy) is 1. The van der Waals surface area contributed by atoms with Crippen molar-refractivity contribution in [2.45, 2.75) is 6.61 Å². The van der Waals surface area contributed by atoms with Crippen LogP contribution in [0.15, 0.2) is 72.9 Å². The standard InChI is InChI=1S/C19H15NO3/c21-13-18-7-4-12-20(18)17-10-8-16(9-11-17)19(22)23-14-15-5-2-1-3-6-15/h1-13H,14H2. The van der Waals surface area contributed by atoms with E-state index in [0.29, 0.717) is 11.3 Å². The monoisotopic (exact) mass is 305 g/mol. The van der Waals surface area contributed by atoms with Crippen molar-refractivity contribution < 1.29 is 14.3 Å². The van der Waals surface area contributed by atoms with Crippen LogP contribution in [0.4, 0.5) is 0 Å². The smallest absolute Gasteiger partial charge is 0.338 e. The molecule has 0 atom stereocenters. The van der Waals surface area contributed by atoms with Gasteiger partial charge < -0.3 is 9.30 Å². The molecule has 23 heavy (non-hydrogen) atoms. The van der Waals surface area contributed by atoms with E-state index >= 15 is 0 Å². The lowest BCUT2D eigenvalue weighted by molar-refractivity contribution is 0.0472. The third-order valence-electron chi connectivity index (χ3n) is 3.49. The Morgan fingerprint density at radius 3 is 2.39 bits per heavy atom. The van der Waals surface area contributed by atoms with Crippen molar-refractivity contribution >= 4 is 12.3 Å². The van der Waals surface area contributed by atoms with Gasteiger partial charge in [0.2, 0.25) is 0 Å². The molecule has 0 bridgehead atoms. The van der Waals surface area contributed by atoms with Crippen molar-refractivity contribution in [3.63, 3.8) is 0 Å². The summed E-state index contributed by atoms with van der Waals surface area (Å²) >= 11 is 0. The highest BCUT2D eigenvalue weighted by Crippen LogP contribution is 2.14. The van der Waals surface area contributed by atoms with Crippen molar-refractivity contribution in [1.82, 2.24) is 4.57 Å². The van der Waals surface area contributed by atoms with Gasteiger partial charge in [0.15, 0.2) is 6.29 Å². The molecule has 3 aromatic rings. The molecule has 2 aromatic carbocycles. The summed E-state index contributed by atoms with van der Waals surface area (Å²) in [4.78, 5) is 23.0. The number of carbonyl (C=O) groups is 2. The van der Waals surface area contributed by atoms with E-state index in [-0.39, 0.29) is 12.6 Å². The maximum Gasteiger partial charge on any atom is 0.338 e. The first kappa shape index (κ1) is 14.8. The second-order valence-corrected chi connectivity index (χ2v) is 5.03. The molecule has 0 N–H and O–H groups in total. The minimum atomic E-state index is -0.372. The van der Waals surface area contributed by atoms with Gasteiger partial charge in [-0.15, -0.1) is 0 Å². The van der Waals surface area contributed by atoms with Crippen LogP contribution >= 0.6 is 0 Å². The lowest BCUT2D eigenvalue weighted by atomic mass is 10.2. The van der Waals surface area contributed by atoms with Crippen molar-refractivity contribution in [3.05, 3.63) is 89.7 Å². The minimum Gasteiger partial charge on any atom is -0.457 e. The third kappa shape index (κ3) is 3.37. The summed E-state index contributed by atoms with van der Waals surface area (Å²) < 4.78 is 7.04. The SMILES string of the molecule is O=Cc1cccn1-c1ccc(C(=O)OCc2ccccc2)cc1. The summed E-state index contributed by atoms with van der Waals surface area (Å²) in [7, 11) is 0. The van der Waals surface area contributed by atoms with E-state index in [1.807, 2.05) is 30.3 Å². The Morgan fingerprint density at radius 2 is 1.70 bits per heavy atom. The molecule has 0 saturated carbocycles. The van der Waals surface area contributed by atoms with Crippen LogP contribution in [-0.2, 0) is 11.3 Å². The van der Waals surface area contributed by atoms with Crippen LogP contribution in [0.2, 0.25) is 0 Å². The maximum absolute atomic E-state index is 12.1. The molecule has 0 spiro atoms. The van der Waals surface area contributed by atoms with E-state index in [0.717, 1.165) is 17.5 Å². The molecular weight excluding hydrogens is 290 g/mol. The van der Waals surface area contributed by atoms with E-state index in [1.54, 1.807) is 47.2 Å². The van der Waals surface area contributed by atoms with Crippen LogP contribution < -0.4 is 0 Å². The average Bonchev–Trinajstić information content (AvgIpc) is 3.09. The van der Waals surface area contributed by atoms with E-state index in [2.05, 4.69) is 0 Å². The number of aldehydes is 1. The molecule has 0 saturated heterocycles. The third-order valence-corrected chi connectivity index (χ3v) is 3.49. The highest BCUT2D eigenvalue weighted by molar-refractivity contribution is 5.89. The summed E-state index contributed by atoms with van der Waals surface area (Å²) in [6, 6.07) is 20.0. The van der Waals surface area contributed by atoms with Crippen molar-refractivity contribution in [2.24, 2.45) is 0 Å². The number of hydrogen-bond donors (Lipinski definition) is 0. The molecule has 1 heterocycles. The van der Waals surface area contributed by atoms with Gasteiger partial charge in [-0.05, 0) is 42.0 Å². The van der Waals surface area contributed by atoms with Gasteiger partial charge in [-0.1, -0.05) is 30.3 Å². The molecule has 3 rings (SSSR count). The van der Waals surface area contributed by atoms with E-state index < -0.39 is 0 Å². The summed E-state index contributed by atoms with van der Waals surface area (Å²) in [5.74, 6) is -0.372. The van der Waals surface area contributed by atoms with Gasteiger partial charge in [0.25, 0.3) is 0 Å². The summed E-state index contributed by atoms with van der Waals surface area (Å²) in [5.41, 5.74) is 2.80. The molecule has 1 aromatic heterocycles. The predicted octanol–water partition coefficient (Wildman–Crippen LogP) is 3.65. The second kappa shape index (κ2) is 6.75. The zero-order valence-electron chi connectivity index (χ0n) is 12.4. The Morgan fingerprint density at radius 1 is 0.957 bits per heavy atom. The molecule has 0 amide bonds. The Hall–Kier alpha value is -3.14. The average molecular weight is 305 g/mol. The van der Waals surface area contributed by atoms with Gasteiger partial charge in [-0.3, -0.25) is 4.79 Å². The van der Waals surface area contributed by atoms with Crippen LogP contribution in [0.5, 0.6) is 0 Å². The molecule has 4 heteroatoms. The highest BCUT2D eigenvalue weighted by atomic mass is 16.5. The molecular formula is C19H15NO3. The highest BCUT2D eigenvalue weighted by Gasteiger charge is 2.08. The summed E-state index contributed by atoms with van der Waals surface area (Å²) in [5, 5.41) is 0. The molecule has 0 unspecified atom stereocenters. The number of rotatable bonds is 5. The normalized spacial score (nSPS) is 10.3. The summed E-state index contributed by atoms with van der Waals surface area (Å²) in [6.07, 6.45) is 2.59. The fourth-order valence-corrected chi connectivity index (χ4v) is 2.29.